The first-order valence-corrected chi connectivity index (χ1v) is 23.3. The topological polar surface area (TPSA) is 106 Å². The Kier molecular flexibility index (Phi) is 17.0. The second-order valence-corrected chi connectivity index (χ2v) is 21.3. The van der Waals surface area contributed by atoms with E-state index in [9.17, 15) is 19.8 Å². The van der Waals surface area contributed by atoms with Crippen LogP contribution in [0.1, 0.15) is 159 Å². The van der Waals surface area contributed by atoms with Gasteiger partial charge < -0.3 is 29.5 Å². The van der Waals surface area contributed by atoms with Gasteiger partial charge in [-0.05, 0) is 129 Å². The highest BCUT2D eigenvalue weighted by molar-refractivity contribution is 5.74. The molecule has 2 aliphatic rings. The van der Waals surface area contributed by atoms with E-state index in [0.29, 0.717) is 24.6 Å². The summed E-state index contributed by atoms with van der Waals surface area (Å²) < 4.78 is 12.3. The van der Waals surface area contributed by atoms with Crippen molar-refractivity contribution in [2.45, 2.75) is 200 Å². The zero-order valence-electron chi connectivity index (χ0n) is 40.6. The number of nitrogens with zero attached hydrogens (tertiary/aromatic N) is 4. The maximum atomic E-state index is 12.6. The molecular formula is C51H84N4O6. The minimum Gasteiger partial charge on any atom is -0.491 e. The zero-order chi connectivity index (χ0) is 45.6. The van der Waals surface area contributed by atoms with Crippen LogP contribution < -0.4 is 9.47 Å². The first-order chi connectivity index (χ1) is 28.3. The van der Waals surface area contributed by atoms with Gasteiger partial charge in [0.05, 0.1) is 0 Å². The predicted molar refractivity (Wildman–Crippen MR) is 248 cm³/mol. The minimum absolute atomic E-state index is 0.145. The van der Waals surface area contributed by atoms with E-state index in [0.717, 1.165) is 75.6 Å². The Morgan fingerprint density at radius 3 is 1.18 bits per heavy atom. The van der Waals surface area contributed by atoms with E-state index in [1.165, 1.54) is 0 Å². The molecular weight excluding hydrogens is 765 g/mol. The fraction of sp³-hybridized carbons (Fsp3) is 0.725. The number of ether oxygens (including phenoxy) is 2. The molecule has 4 rings (SSSR count). The number of hydrogen-bond acceptors (Lipinski definition) is 8. The van der Waals surface area contributed by atoms with E-state index in [2.05, 4.69) is 127 Å². The highest BCUT2D eigenvalue weighted by atomic mass is 16.5. The summed E-state index contributed by atoms with van der Waals surface area (Å²) in [5.74, 6) is 1.72. The number of aliphatic hydroxyl groups excluding tert-OH is 2. The van der Waals surface area contributed by atoms with Crippen molar-refractivity contribution < 1.29 is 29.3 Å². The summed E-state index contributed by atoms with van der Waals surface area (Å²) >= 11 is 0. The van der Waals surface area contributed by atoms with E-state index >= 15 is 0 Å². The highest BCUT2D eigenvalue weighted by Crippen LogP contribution is 2.42. The Labute approximate surface area is 370 Å². The second kappa shape index (κ2) is 20.5. The number of piperidine rings is 2. The predicted octanol–water partition coefficient (Wildman–Crippen LogP) is 8.83. The third kappa shape index (κ3) is 13.0. The van der Waals surface area contributed by atoms with Gasteiger partial charge in [-0.3, -0.25) is 19.4 Å². The number of likely N-dealkylation sites (tertiary alicyclic amines) is 2. The fourth-order valence-electron chi connectivity index (χ4n) is 10.8. The van der Waals surface area contributed by atoms with Gasteiger partial charge in [-0.2, -0.15) is 0 Å². The van der Waals surface area contributed by atoms with Gasteiger partial charge in [-0.1, -0.05) is 64.8 Å². The van der Waals surface area contributed by atoms with Crippen LogP contribution in [0.5, 0.6) is 11.5 Å². The van der Waals surface area contributed by atoms with Gasteiger partial charge in [0.2, 0.25) is 11.8 Å². The first kappa shape index (κ1) is 50.5. The number of hydrogen-bond donors (Lipinski definition) is 2. The average Bonchev–Trinajstić information content (AvgIpc) is 3.16. The number of aliphatic hydroxyl groups is 2. The fourth-order valence-corrected chi connectivity index (χ4v) is 10.8. The molecule has 2 aliphatic heterocycles. The number of unbranched alkanes of at least 4 members (excludes halogenated alkanes) is 2. The number of β-amino-alcohol motifs (C(OH)–C–C–N with tert-alkyl or cyclic N) is 2. The van der Waals surface area contributed by atoms with Crippen molar-refractivity contribution in [3.05, 3.63) is 59.7 Å². The molecule has 2 aromatic rings. The van der Waals surface area contributed by atoms with E-state index < -0.39 is 12.2 Å². The van der Waals surface area contributed by atoms with Crippen molar-refractivity contribution in [3.8, 4) is 11.5 Å². The molecule has 2 aromatic carbocycles. The summed E-state index contributed by atoms with van der Waals surface area (Å²) in [5.41, 5.74) is 1.19. The molecule has 0 aromatic heterocycles. The molecule has 0 spiro atoms. The highest BCUT2D eigenvalue weighted by Gasteiger charge is 2.49. The first-order valence-electron chi connectivity index (χ1n) is 23.3. The molecule has 2 N–H and O–H groups in total. The molecule has 2 unspecified atom stereocenters. The monoisotopic (exact) mass is 849 g/mol. The number of carbonyl (C=O) groups is 2. The lowest BCUT2D eigenvalue weighted by Crippen LogP contribution is -2.66. The minimum atomic E-state index is -0.673. The maximum absolute atomic E-state index is 12.6. The van der Waals surface area contributed by atoms with Crippen LogP contribution in [0.4, 0.5) is 0 Å². The quantitative estimate of drug-likeness (QED) is 0.136. The summed E-state index contributed by atoms with van der Waals surface area (Å²) in [4.78, 5) is 34.2. The maximum Gasteiger partial charge on any atom is 0.219 e. The molecule has 2 amide bonds. The van der Waals surface area contributed by atoms with Crippen LogP contribution in [0.2, 0.25) is 0 Å². The second-order valence-electron chi connectivity index (χ2n) is 21.3. The molecule has 2 saturated heterocycles. The lowest BCUT2D eigenvalue weighted by molar-refractivity contribution is -0.139. The van der Waals surface area contributed by atoms with Crippen LogP contribution in [-0.2, 0) is 15.0 Å². The van der Waals surface area contributed by atoms with Crippen molar-refractivity contribution in [2.75, 3.05) is 39.4 Å². The summed E-state index contributed by atoms with van der Waals surface area (Å²) in [5, 5.41) is 22.5. The number of amides is 2. The van der Waals surface area contributed by atoms with Crippen molar-refractivity contribution in [1.29, 1.82) is 0 Å². The Hall–Kier alpha value is -3.18. The molecule has 10 heteroatoms. The normalized spacial score (nSPS) is 20.5. The van der Waals surface area contributed by atoms with Crippen molar-refractivity contribution in [3.63, 3.8) is 0 Å². The zero-order valence-corrected chi connectivity index (χ0v) is 40.6. The molecule has 2 fully saturated rings. The third-order valence-corrected chi connectivity index (χ3v) is 13.9. The number of benzene rings is 2. The molecule has 2 heterocycles. The Bertz CT molecular complexity index is 1540. The molecule has 0 aliphatic carbocycles. The molecule has 2 atom stereocenters. The van der Waals surface area contributed by atoms with E-state index in [4.69, 9.17) is 9.47 Å². The van der Waals surface area contributed by atoms with Crippen LogP contribution in [0, 0.1) is 0 Å². The lowest BCUT2D eigenvalue weighted by Gasteiger charge is -2.57. The Morgan fingerprint density at radius 2 is 0.918 bits per heavy atom. The third-order valence-electron chi connectivity index (χ3n) is 13.9. The van der Waals surface area contributed by atoms with E-state index in [-0.39, 0.29) is 64.7 Å². The molecule has 0 saturated carbocycles. The standard InChI is InChI=1S/C51H84N4O6/c1-15-17-27-52(37(3)56)41-29-47(5,6)54(48(7,8)30-41)33-43(58)35-60-45-23-19-39(20-24-45)51(13,14)40-21-25-46(26-22-40)61-36-44(59)34-55-49(9,10)31-42(32-50(55,11)12)53(38(4)57)28-18-16-2/h19-26,41-44,58-59H,15-18,27-36H2,1-14H3. The lowest BCUT2D eigenvalue weighted by atomic mass is 9.76. The van der Waals surface area contributed by atoms with E-state index in [1.54, 1.807) is 13.8 Å². The Morgan fingerprint density at radius 1 is 0.623 bits per heavy atom. The van der Waals surface area contributed by atoms with Gasteiger partial charge >= 0.3 is 0 Å². The number of carbonyl (C=O) groups excluding carboxylic acids is 2. The van der Waals surface area contributed by atoms with Crippen molar-refractivity contribution >= 4 is 11.8 Å². The molecule has 0 radical (unpaired) electrons. The SMILES string of the molecule is CCCCN(C(C)=O)C1CC(C)(C)N(CC(O)COc2ccc(C(C)(C)c3ccc(OCC(O)CN4C(C)(C)CC(N(CCCC)C(C)=O)CC4(C)C)cc3)cc2)C(C)(C)C1. The molecule has 0 bridgehead atoms. The molecule has 344 valence electrons. The largest absolute Gasteiger partial charge is 0.491 e. The van der Waals surface area contributed by atoms with E-state index in [1.807, 2.05) is 24.3 Å². The average molecular weight is 849 g/mol. The van der Waals surface area contributed by atoms with Crippen LogP contribution in [0.15, 0.2) is 48.5 Å². The Balaban J connectivity index is 1.29. The van der Waals surface area contributed by atoms with Crippen LogP contribution in [0.25, 0.3) is 0 Å². The summed E-state index contributed by atoms with van der Waals surface area (Å²) in [6.07, 6.45) is 6.25. The van der Waals surface area contributed by atoms with Gasteiger partial charge in [0.15, 0.2) is 0 Å². The van der Waals surface area contributed by atoms with Gasteiger partial charge in [0, 0.05) is 79.7 Å². The summed E-state index contributed by atoms with van der Waals surface area (Å²) in [6, 6.07) is 16.6. The number of rotatable bonds is 20. The van der Waals surface area contributed by atoms with Crippen molar-refractivity contribution in [1.82, 2.24) is 19.6 Å². The van der Waals surface area contributed by atoms with Crippen LogP contribution in [-0.4, -0.2) is 127 Å². The van der Waals surface area contributed by atoms with Crippen LogP contribution >= 0.6 is 0 Å². The van der Waals surface area contributed by atoms with Gasteiger partial charge in [0.25, 0.3) is 0 Å². The van der Waals surface area contributed by atoms with Gasteiger partial charge in [-0.25, -0.2) is 0 Å². The molecule has 10 nitrogen and oxygen atoms in total. The van der Waals surface area contributed by atoms with Crippen molar-refractivity contribution in [2.24, 2.45) is 0 Å². The molecule has 61 heavy (non-hydrogen) atoms. The van der Waals surface area contributed by atoms with Crippen LogP contribution in [0.3, 0.4) is 0 Å². The van der Waals surface area contributed by atoms with Gasteiger partial charge in [-0.15, -0.1) is 0 Å². The summed E-state index contributed by atoms with van der Waals surface area (Å²) in [6.45, 7) is 32.9. The summed E-state index contributed by atoms with van der Waals surface area (Å²) in [7, 11) is 0. The smallest absolute Gasteiger partial charge is 0.219 e. The van der Waals surface area contributed by atoms with Gasteiger partial charge in [0.1, 0.15) is 36.9 Å².